The van der Waals surface area contributed by atoms with Crippen LogP contribution in [0.2, 0.25) is 0 Å². The Morgan fingerprint density at radius 1 is 1.15 bits per heavy atom. The molecule has 0 bridgehead atoms. The van der Waals surface area contributed by atoms with Gasteiger partial charge >= 0.3 is 0 Å². The second-order valence-corrected chi connectivity index (χ2v) is 6.05. The van der Waals surface area contributed by atoms with E-state index in [1.165, 1.54) is 31.2 Å². The third-order valence-electron chi connectivity index (χ3n) is 4.65. The van der Waals surface area contributed by atoms with Crippen LogP contribution in [-0.4, -0.2) is 18.7 Å². The molecular formula is C16H25N3O. The zero-order valence-electron chi connectivity index (χ0n) is 12.1. The molecule has 2 aliphatic rings. The van der Waals surface area contributed by atoms with Gasteiger partial charge in [0.1, 0.15) is 5.75 Å². The van der Waals surface area contributed by atoms with E-state index in [1.54, 1.807) is 0 Å². The quantitative estimate of drug-likeness (QED) is 0.788. The van der Waals surface area contributed by atoms with Crippen molar-refractivity contribution in [1.82, 2.24) is 10.9 Å². The normalized spacial score (nSPS) is 30.8. The van der Waals surface area contributed by atoms with Crippen LogP contribution in [0.4, 0.5) is 0 Å². The number of nitrogens with one attached hydrogen (secondary N) is 2. The molecule has 0 radical (unpaired) electrons. The van der Waals surface area contributed by atoms with Gasteiger partial charge in [-0.3, -0.25) is 5.43 Å². The highest BCUT2D eigenvalue weighted by molar-refractivity contribution is 5.30. The fourth-order valence-electron chi connectivity index (χ4n) is 3.35. The van der Waals surface area contributed by atoms with Crippen LogP contribution in [0.1, 0.15) is 44.2 Å². The van der Waals surface area contributed by atoms with Crippen LogP contribution in [0, 0.1) is 5.92 Å². The second kappa shape index (κ2) is 6.12. The fourth-order valence-corrected chi connectivity index (χ4v) is 3.35. The first kappa shape index (κ1) is 13.9. The van der Waals surface area contributed by atoms with E-state index in [0.29, 0.717) is 24.6 Å². The van der Waals surface area contributed by atoms with Gasteiger partial charge in [-0.05, 0) is 56.8 Å². The number of ether oxygens (including phenoxy) is 1. The molecular weight excluding hydrogens is 250 g/mol. The summed E-state index contributed by atoms with van der Waals surface area (Å²) in [5.41, 5.74) is 13.8. The summed E-state index contributed by atoms with van der Waals surface area (Å²) < 4.78 is 6.01. The monoisotopic (exact) mass is 275 g/mol. The highest BCUT2D eigenvalue weighted by Crippen LogP contribution is 2.30. The van der Waals surface area contributed by atoms with E-state index >= 15 is 0 Å². The van der Waals surface area contributed by atoms with E-state index in [9.17, 15) is 0 Å². The fraction of sp³-hybridized carbons (Fsp3) is 0.625. The Hall–Kier alpha value is -1.10. The zero-order valence-corrected chi connectivity index (χ0v) is 12.1. The Bertz CT molecular complexity index is 428. The molecule has 110 valence electrons. The minimum Gasteiger partial charge on any atom is -0.490 e. The number of rotatable bonds is 4. The van der Waals surface area contributed by atoms with Gasteiger partial charge in [-0.15, -0.1) is 0 Å². The standard InChI is InChI=1S/C16H25N3O/c1-11-15(10-17)16(19-18-11)12-6-8-14(9-7-12)20-13-4-2-3-5-13/h6-9,11,13,15-16,18-19H,2-5,10,17H2,1H3. The van der Waals surface area contributed by atoms with E-state index in [1.807, 2.05) is 0 Å². The Morgan fingerprint density at radius 3 is 2.50 bits per heavy atom. The molecule has 3 unspecified atom stereocenters. The Kier molecular flexibility index (Phi) is 4.24. The van der Waals surface area contributed by atoms with Crippen molar-refractivity contribution >= 4 is 0 Å². The first-order chi connectivity index (χ1) is 9.78. The van der Waals surface area contributed by atoms with Crippen LogP contribution in [-0.2, 0) is 0 Å². The van der Waals surface area contributed by atoms with Crippen molar-refractivity contribution in [1.29, 1.82) is 0 Å². The molecule has 1 aromatic rings. The predicted molar refractivity (Wildman–Crippen MR) is 80.3 cm³/mol. The van der Waals surface area contributed by atoms with Crippen LogP contribution >= 0.6 is 0 Å². The predicted octanol–water partition coefficient (Wildman–Crippen LogP) is 2.12. The van der Waals surface area contributed by atoms with Crippen LogP contribution in [0.3, 0.4) is 0 Å². The number of hydrazine groups is 1. The number of hydrogen-bond acceptors (Lipinski definition) is 4. The van der Waals surface area contributed by atoms with Gasteiger partial charge in [0.25, 0.3) is 0 Å². The van der Waals surface area contributed by atoms with Gasteiger partial charge in [0.2, 0.25) is 0 Å². The molecule has 4 heteroatoms. The SMILES string of the molecule is CC1NNC(c2ccc(OC3CCCC3)cc2)C1CN. The minimum absolute atomic E-state index is 0.288. The lowest BCUT2D eigenvalue weighted by atomic mass is 9.90. The highest BCUT2D eigenvalue weighted by atomic mass is 16.5. The highest BCUT2D eigenvalue weighted by Gasteiger charge is 2.32. The zero-order chi connectivity index (χ0) is 13.9. The summed E-state index contributed by atoms with van der Waals surface area (Å²) in [6, 6.07) is 9.18. The van der Waals surface area contributed by atoms with Gasteiger partial charge in [0, 0.05) is 12.0 Å². The van der Waals surface area contributed by atoms with Crippen molar-refractivity contribution in [3.05, 3.63) is 29.8 Å². The summed E-state index contributed by atoms with van der Waals surface area (Å²) in [6.07, 6.45) is 5.42. The molecule has 3 atom stereocenters. The lowest BCUT2D eigenvalue weighted by molar-refractivity contribution is 0.210. The summed E-state index contributed by atoms with van der Waals surface area (Å²) in [6.45, 7) is 2.86. The van der Waals surface area contributed by atoms with E-state index in [-0.39, 0.29) is 6.04 Å². The molecule has 1 heterocycles. The van der Waals surface area contributed by atoms with Crippen molar-refractivity contribution < 1.29 is 4.74 Å². The second-order valence-electron chi connectivity index (χ2n) is 6.05. The molecule has 1 saturated carbocycles. The maximum absolute atomic E-state index is 6.01. The molecule has 0 aromatic heterocycles. The Morgan fingerprint density at radius 2 is 1.85 bits per heavy atom. The average molecular weight is 275 g/mol. The molecule has 3 rings (SSSR count). The molecule has 1 aromatic carbocycles. The van der Waals surface area contributed by atoms with E-state index in [0.717, 1.165) is 5.75 Å². The molecule has 2 fully saturated rings. The van der Waals surface area contributed by atoms with Gasteiger partial charge in [0.15, 0.2) is 0 Å². The first-order valence-electron chi connectivity index (χ1n) is 7.75. The van der Waals surface area contributed by atoms with Gasteiger partial charge < -0.3 is 10.5 Å². The smallest absolute Gasteiger partial charge is 0.119 e. The maximum Gasteiger partial charge on any atom is 0.119 e. The van der Waals surface area contributed by atoms with Crippen molar-refractivity contribution in [3.8, 4) is 5.75 Å². The molecule has 4 N–H and O–H groups in total. The van der Waals surface area contributed by atoms with E-state index in [4.69, 9.17) is 10.5 Å². The molecule has 20 heavy (non-hydrogen) atoms. The molecule has 1 aliphatic carbocycles. The molecule has 0 spiro atoms. The van der Waals surface area contributed by atoms with Crippen LogP contribution in [0.25, 0.3) is 0 Å². The summed E-state index contributed by atoms with van der Waals surface area (Å²) in [4.78, 5) is 0. The third-order valence-corrected chi connectivity index (χ3v) is 4.65. The maximum atomic E-state index is 6.01. The molecule has 1 saturated heterocycles. The topological polar surface area (TPSA) is 59.3 Å². The lowest BCUT2D eigenvalue weighted by Gasteiger charge is -2.20. The number of benzene rings is 1. The molecule has 1 aliphatic heterocycles. The van der Waals surface area contributed by atoms with Gasteiger partial charge in [-0.2, -0.15) is 0 Å². The summed E-state index contributed by atoms with van der Waals surface area (Å²) in [5, 5.41) is 0. The van der Waals surface area contributed by atoms with Crippen LogP contribution < -0.4 is 21.3 Å². The van der Waals surface area contributed by atoms with Crippen molar-refractivity contribution in [3.63, 3.8) is 0 Å². The summed E-state index contributed by atoms with van der Waals surface area (Å²) >= 11 is 0. The molecule has 0 amide bonds. The van der Waals surface area contributed by atoms with Crippen molar-refractivity contribution in [2.45, 2.75) is 50.8 Å². The first-order valence-corrected chi connectivity index (χ1v) is 7.75. The van der Waals surface area contributed by atoms with E-state index in [2.05, 4.69) is 42.0 Å². The van der Waals surface area contributed by atoms with Crippen LogP contribution in [0.15, 0.2) is 24.3 Å². The van der Waals surface area contributed by atoms with Crippen LogP contribution in [0.5, 0.6) is 5.75 Å². The van der Waals surface area contributed by atoms with Crippen molar-refractivity contribution in [2.75, 3.05) is 6.54 Å². The third kappa shape index (κ3) is 2.82. The number of hydrogen-bond donors (Lipinski definition) is 3. The van der Waals surface area contributed by atoms with Gasteiger partial charge in [-0.25, -0.2) is 5.43 Å². The number of nitrogens with two attached hydrogens (primary N) is 1. The summed E-state index contributed by atoms with van der Waals surface area (Å²) in [5.74, 6) is 1.42. The van der Waals surface area contributed by atoms with Crippen molar-refractivity contribution in [2.24, 2.45) is 11.7 Å². The largest absolute Gasteiger partial charge is 0.490 e. The van der Waals surface area contributed by atoms with Gasteiger partial charge in [0.05, 0.1) is 12.1 Å². The van der Waals surface area contributed by atoms with Gasteiger partial charge in [-0.1, -0.05) is 12.1 Å². The van der Waals surface area contributed by atoms with E-state index < -0.39 is 0 Å². The summed E-state index contributed by atoms with van der Waals surface area (Å²) in [7, 11) is 0. The minimum atomic E-state index is 0.288. The Labute approximate surface area is 121 Å². The Balaban J connectivity index is 1.66. The lowest BCUT2D eigenvalue weighted by Crippen LogP contribution is -2.30. The average Bonchev–Trinajstić information content (AvgIpc) is 3.09. The molecule has 4 nitrogen and oxygen atoms in total.